The third kappa shape index (κ3) is 2.88. The summed E-state index contributed by atoms with van der Waals surface area (Å²) in [5, 5.41) is 8.06. The first-order valence-corrected chi connectivity index (χ1v) is 6.71. The van der Waals surface area contributed by atoms with Crippen LogP contribution in [0.3, 0.4) is 0 Å². The summed E-state index contributed by atoms with van der Waals surface area (Å²) in [5.41, 5.74) is 0. The van der Waals surface area contributed by atoms with E-state index in [2.05, 4.69) is 29.7 Å². The smallest absolute Gasteiger partial charge is 0.0378 e. The number of hydrogen-bond acceptors (Lipinski definition) is 2. The number of halogens is 1. The fraction of sp³-hybridized carbons (Fsp3) is 0.692. The van der Waals surface area contributed by atoms with E-state index in [0.717, 1.165) is 18.1 Å². The number of rotatable bonds is 4. The van der Waals surface area contributed by atoms with Crippen molar-refractivity contribution in [1.82, 2.24) is 10.6 Å². The average Bonchev–Trinajstić information content (AvgIpc) is 2.29. The lowest BCUT2D eigenvalue weighted by molar-refractivity contribution is 0.280. The summed E-state index contributed by atoms with van der Waals surface area (Å²) in [5.74, 6) is 0.563. The van der Waals surface area contributed by atoms with Crippen LogP contribution in [0.25, 0.3) is 0 Å². The van der Waals surface area contributed by atoms with E-state index in [1.54, 1.807) is 0 Å². The van der Waals surface area contributed by atoms with E-state index in [0.29, 0.717) is 18.0 Å². The number of piperidine rings is 1. The summed E-state index contributed by atoms with van der Waals surface area (Å²) in [6.07, 6.45) is 10.2. The first-order valence-electron chi connectivity index (χ1n) is 6.33. The maximum Gasteiger partial charge on any atom is 0.0378 e. The van der Waals surface area contributed by atoms with Crippen LogP contribution in [0.5, 0.6) is 0 Å². The van der Waals surface area contributed by atoms with Crippen LogP contribution >= 0.6 is 11.6 Å². The van der Waals surface area contributed by atoms with E-state index in [4.69, 9.17) is 11.6 Å². The molecule has 1 aliphatic carbocycles. The second-order valence-corrected chi connectivity index (χ2v) is 5.11. The SMILES string of the molecule is CCCCNC1CCNC2C=C(Cl)C=CC21. The van der Waals surface area contributed by atoms with Crippen molar-refractivity contribution >= 4 is 11.6 Å². The van der Waals surface area contributed by atoms with E-state index < -0.39 is 0 Å². The van der Waals surface area contributed by atoms with Crippen LogP contribution < -0.4 is 10.6 Å². The van der Waals surface area contributed by atoms with Crippen LogP contribution in [0.2, 0.25) is 0 Å². The summed E-state index contributed by atoms with van der Waals surface area (Å²) in [7, 11) is 0. The van der Waals surface area contributed by atoms with E-state index in [1.165, 1.54) is 19.3 Å². The van der Waals surface area contributed by atoms with Crippen LogP contribution in [0.4, 0.5) is 0 Å². The molecule has 1 heterocycles. The minimum Gasteiger partial charge on any atom is -0.313 e. The van der Waals surface area contributed by atoms with Crippen molar-refractivity contribution in [3.63, 3.8) is 0 Å². The fourth-order valence-electron chi connectivity index (χ4n) is 2.54. The summed E-state index contributed by atoms with van der Waals surface area (Å²) in [6.45, 7) is 4.45. The van der Waals surface area contributed by atoms with Gasteiger partial charge in [-0.3, -0.25) is 0 Å². The maximum absolute atomic E-state index is 6.02. The van der Waals surface area contributed by atoms with Gasteiger partial charge >= 0.3 is 0 Å². The number of unbranched alkanes of at least 4 members (excludes halogenated alkanes) is 1. The molecule has 2 rings (SSSR count). The molecule has 0 radical (unpaired) electrons. The van der Waals surface area contributed by atoms with Gasteiger partial charge in [-0.1, -0.05) is 31.0 Å². The van der Waals surface area contributed by atoms with E-state index >= 15 is 0 Å². The summed E-state index contributed by atoms with van der Waals surface area (Å²) in [6, 6.07) is 1.03. The molecule has 1 saturated heterocycles. The molecule has 0 aromatic rings. The molecule has 2 N–H and O–H groups in total. The molecule has 16 heavy (non-hydrogen) atoms. The average molecular weight is 241 g/mol. The quantitative estimate of drug-likeness (QED) is 0.738. The Morgan fingerprint density at radius 2 is 2.44 bits per heavy atom. The van der Waals surface area contributed by atoms with Crippen LogP contribution in [0.15, 0.2) is 23.3 Å². The Kier molecular flexibility index (Phi) is 4.45. The molecule has 0 spiro atoms. The molecule has 90 valence electrons. The Bertz CT molecular complexity index is 286. The zero-order valence-corrected chi connectivity index (χ0v) is 10.6. The molecule has 0 aromatic carbocycles. The van der Waals surface area contributed by atoms with E-state index in [9.17, 15) is 0 Å². The second-order valence-electron chi connectivity index (χ2n) is 4.67. The first kappa shape index (κ1) is 12.2. The molecule has 0 amide bonds. The van der Waals surface area contributed by atoms with Crippen molar-refractivity contribution in [2.75, 3.05) is 13.1 Å². The monoisotopic (exact) mass is 240 g/mol. The first-order chi connectivity index (χ1) is 7.81. The highest BCUT2D eigenvalue weighted by atomic mass is 35.5. The van der Waals surface area contributed by atoms with Crippen molar-refractivity contribution in [3.8, 4) is 0 Å². The molecule has 0 aromatic heterocycles. The summed E-state index contributed by atoms with van der Waals surface area (Å²) in [4.78, 5) is 0. The van der Waals surface area contributed by atoms with Gasteiger partial charge in [-0.2, -0.15) is 0 Å². The molecule has 0 bridgehead atoms. The van der Waals surface area contributed by atoms with Gasteiger partial charge in [-0.25, -0.2) is 0 Å². The number of allylic oxidation sites excluding steroid dienone is 2. The van der Waals surface area contributed by atoms with Crippen LogP contribution in [0.1, 0.15) is 26.2 Å². The van der Waals surface area contributed by atoms with Gasteiger partial charge < -0.3 is 10.6 Å². The highest BCUT2D eigenvalue weighted by Crippen LogP contribution is 2.26. The highest BCUT2D eigenvalue weighted by molar-refractivity contribution is 6.31. The van der Waals surface area contributed by atoms with Gasteiger partial charge in [0, 0.05) is 23.0 Å². The molecule has 2 nitrogen and oxygen atoms in total. The Morgan fingerprint density at radius 3 is 3.25 bits per heavy atom. The molecule has 2 aliphatic rings. The summed E-state index contributed by atoms with van der Waals surface area (Å²) >= 11 is 6.02. The standard InChI is InChI=1S/C13H21ClN2/c1-2-3-7-15-12-6-8-16-13-9-10(14)4-5-11(12)13/h4-5,9,11-13,15-16H,2-3,6-8H2,1H3. The molecule has 3 heteroatoms. The number of fused-ring (bicyclic) bond motifs is 1. The van der Waals surface area contributed by atoms with Gasteiger partial charge in [0.25, 0.3) is 0 Å². The number of hydrogen-bond donors (Lipinski definition) is 2. The van der Waals surface area contributed by atoms with Crippen LogP contribution in [0, 0.1) is 5.92 Å². The zero-order valence-electron chi connectivity index (χ0n) is 9.88. The predicted molar refractivity (Wildman–Crippen MR) is 69.7 cm³/mol. The Balaban J connectivity index is 1.92. The second kappa shape index (κ2) is 5.85. The normalized spacial score (nSPS) is 33.4. The van der Waals surface area contributed by atoms with Gasteiger partial charge in [-0.15, -0.1) is 0 Å². The van der Waals surface area contributed by atoms with Crippen molar-refractivity contribution in [2.24, 2.45) is 5.92 Å². The molecule has 3 unspecified atom stereocenters. The fourth-order valence-corrected chi connectivity index (χ4v) is 2.75. The zero-order chi connectivity index (χ0) is 11.4. The van der Waals surface area contributed by atoms with Gasteiger partial charge in [0.05, 0.1) is 0 Å². The lowest BCUT2D eigenvalue weighted by Crippen LogP contribution is -2.53. The topological polar surface area (TPSA) is 24.1 Å². The maximum atomic E-state index is 6.02. The minimum atomic E-state index is 0.422. The van der Waals surface area contributed by atoms with Crippen molar-refractivity contribution in [1.29, 1.82) is 0 Å². The number of nitrogens with one attached hydrogen (secondary N) is 2. The Morgan fingerprint density at radius 1 is 1.56 bits per heavy atom. The molecular formula is C13H21ClN2. The van der Waals surface area contributed by atoms with Crippen molar-refractivity contribution in [3.05, 3.63) is 23.3 Å². The highest BCUT2D eigenvalue weighted by Gasteiger charge is 2.31. The third-order valence-electron chi connectivity index (χ3n) is 3.47. The van der Waals surface area contributed by atoms with Gasteiger partial charge in [-0.05, 0) is 38.1 Å². The molecular weight excluding hydrogens is 220 g/mol. The Hall–Kier alpha value is -0.310. The van der Waals surface area contributed by atoms with E-state index in [1.807, 2.05) is 6.08 Å². The van der Waals surface area contributed by atoms with Crippen LogP contribution in [-0.4, -0.2) is 25.2 Å². The predicted octanol–water partition coefficient (Wildman–Crippen LogP) is 2.42. The largest absolute Gasteiger partial charge is 0.313 e. The summed E-state index contributed by atoms with van der Waals surface area (Å²) < 4.78 is 0. The van der Waals surface area contributed by atoms with Gasteiger partial charge in [0.15, 0.2) is 0 Å². The molecule has 1 aliphatic heterocycles. The Labute approximate surface area is 103 Å². The van der Waals surface area contributed by atoms with Crippen molar-refractivity contribution in [2.45, 2.75) is 38.3 Å². The minimum absolute atomic E-state index is 0.422. The molecule has 0 saturated carbocycles. The van der Waals surface area contributed by atoms with E-state index in [-0.39, 0.29) is 0 Å². The lowest BCUT2D eigenvalue weighted by Gasteiger charge is -2.38. The van der Waals surface area contributed by atoms with Crippen molar-refractivity contribution < 1.29 is 0 Å². The molecule has 3 atom stereocenters. The molecule has 1 fully saturated rings. The lowest BCUT2D eigenvalue weighted by atomic mass is 9.83. The van der Waals surface area contributed by atoms with Gasteiger partial charge in [0.1, 0.15) is 0 Å². The van der Waals surface area contributed by atoms with Crippen LogP contribution in [-0.2, 0) is 0 Å². The third-order valence-corrected chi connectivity index (χ3v) is 3.72. The van der Waals surface area contributed by atoms with Gasteiger partial charge in [0.2, 0.25) is 0 Å².